The van der Waals surface area contributed by atoms with Crippen LogP contribution in [-0.4, -0.2) is 78.3 Å². The van der Waals surface area contributed by atoms with Crippen LogP contribution in [0.5, 0.6) is 11.5 Å². The molecular formula is C30H37IN2O7. The van der Waals surface area contributed by atoms with Gasteiger partial charge in [0.05, 0.1) is 29.7 Å². The Morgan fingerprint density at radius 1 is 1.23 bits per heavy atom. The van der Waals surface area contributed by atoms with E-state index in [1.165, 1.54) is 13.2 Å². The third-order valence-electron chi connectivity index (χ3n) is 6.72. The van der Waals surface area contributed by atoms with E-state index in [1.54, 1.807) is 17.0 Å². The predicted octanol–water partition coefficient (Wildman–Crippen LogP) is 3.15. The minimum Gasteiger partial charge on any atom is -0.493 e. The molecule has 0 saturated heterocycles. The number of carbonyl (C=O) groups is 3. The highest BCUT2D eigenvalue weighted by atomic mass is 127. The van der Waals surface area contributed by atoms with Crippen molar-refractivity contribution in [3.8, 4) is 11.5 Å². The zero-order valence-corrected chi connectivity index (χ0v) is 25.2. The average molecular weight is 665 g/mol. The van der Waals surface area contributed by atoms with Crippen molar-refractivity contribution in [1.29, 1.82) is 0 Å². The number of hydrogen-bond donors (Lipinski definition) is 3. The van der Waals surface area contributed by atoms with Crippen LogP contribution in [0.3, 0.4) is 0 Å². The highest BCUT2D eigenvalue weighted by Gasteiger charge is 2.40. The molecule has 3 rings (SSSR count). The van der Waals surface area contributed by atoms with Crippen molar-refractivity contribution in [2.45, 2.75) is 51.4 Å². The summed E-state index contributed by atoms with van der Waals surface area (Å²) in [6.07, 6.45) is 1.09. The van der Waals surface area contributed by atoms with Crippen LogP contribution in [0.2, 0.25) is 0 Å². The molecule has 40 heavy (non-hydrogen) atoms. The highest BCUT2D eigenvalue weighted by molar-refractivity contribution is 14.1. The maximum absolute atomic E-state index is 13.7. The van der Waals surface area contributed by atoms with Crippen LogP contribution in [0, 0.1) is 9.49 Å². The Kier molecular flexibility index (Phi) is 12.0. The van der Waals surface area contributed by atoms with E-state index in [0.717, 1.165) is 5.56 Å². The van der Waals surface area contributed by atoms with E-state index < -0.39 is 24.2 Å². The van der Waals surface area contributed by atoms with E-state index in [0.29, 0.717) is 51.4 Å². The molecule has 9 nitrogen and oxygen atoms in total. The van der Waals surface area contributed by atoms with E-state index >= 15 is 0 Å². The Morgan fingerprint density at radius 3 is 2.58 bits per heavy atom. The molecule has 0 saturated carbocycles. The zero-order valence-electron chi connectivity index (χ0n) is 23.0. The van der Waals surface area contributed by atoms with Crippen LogP contribution in [0.4, 0.5) is 0 Å². The van der Waals surface area contributed by atoms with Gasteiger partial charge in [0.25, 0.3) is 0 Å². The molecule has 3 N–H and O–H groups in total. The van der Waals surface area contributed by atoms with Crippen LogP contribution in [0.25, 0.3) is 0 Å². The van der Waals surface area contributed by atoms with E-state index in [-0.39, 0.29) is 31.9 Å². The summed E-state index contributed by atoms with van der Waals surface area (Å²) in [5, 5.41) is 23.5. The normalized spacial score (nSPS) is 18.6. The molecule has 2 aromatic rings. The van der Waals surface area contributed by atoms with Crippen LogP contribution < -0.4 is 14.8 Å². The first-order chi connectivity index (χ1) is 19.2. The molecule has 0 bridgehead atoms. The molecule has 2 amide bonds. The number of ether oxygens (including phenoxy) is 2. The van der Waals surface area contributed by atoms with Gasteiger partial charge in [-0.25, -0.2) is 0 Å². The number of hydrogen-bond acceptors (Lipinski definition) is 7. The summed E-state index contributed by atoms with van der Waals surface area (Å²) >= 11 is 2.02. The molecule has 0 spiro atoms. The van der Waals surface area contributed by atoms with E-state index in [1.807, 2.05) is 52.9 Å². The summed E-state index contributed by atoms with van der Waals surface area (Å²) in [6.45, 7) is 4.37. The topological polar surface area (TPSA) is 125 Å². The number of aliphatic hydroxyl groups excluding tert-OH is 2. The molecule has 2 aromatic carbocycles. The minimum absolute atomic E-state index is 0.0673. The lowest BCUT2D eigenvalue weighted by molar-refractivity contribution is -0.138. The van der Waals surface area contributed by atoms with Crippen molar-refractivity contribution in [2.24, 2.45) is 5.92 Å². The van der Waals surface area contributed by atoms with Crippen molar-refractivity contribution in [3.05, 3.63) is 68.8 Å². The Bertz CT molecular complexity index is 1200. The molecule has 0 aromatic heterocycles. The summed E-state index contributed by atoms with van der Waals surface area (Å²) in [5.41, 5.74) is 1.60. The van der Waals surface area contributed by atoms with Gasteiger partial charge in [-0.05, 0) is 58.7 Å². The second-order valence-electron chi connectivity index (χ2n) is 10.1. The number of amides is 2. The van der Waals surface area contributed by atoms with Gasteiger partial charge in [0, 0.05) is 30.6 Å². The minimum atomic E-state index is -1.16. The first kappa shape index (κ1) is 31.6. The number of benzene rings is 2. The molecule has 0 aliphatic heterocycles. The molecule has 0 heterocycles. The monoisotopic (exact) mass is 664 g/mol. The van der Waals surface area contributed by atoms with E-state index in [9.17, 15) is 24.6 Å². The van der Waals surface area contributed by atoms with E-state index in [2.05, 4.69) is 19.2 Å². The van der Waals surface area contributed by atoms with Gasteiger partial charge in [-0.2, -0.15) is 0 Å². The van der Waals surface area contributed by atoms with Crippen LogP contribution >= 0.6 is 22.6 Å². The summed E-state index contributed by atoms with van der Waals surface area (Å²) in [4.78, 5) is 39.7. The summed E-state index contributed by atoms with van der Waals surface area (Å²) < 4.78 is 12.3. The fourth-order valence-electron chi connectivity index (χ4n) is 4.58. The number of rotatable bonds is 13. The number of halogens is 1. The van der Waals surface area contributed by atoms with Crippen LogP contribution in [0.15, 0.2) is 54.1 Å². The quantitative estimate of drug-likeness (QED) is 0.222. The fourth-order valence-corrected chi connectivity index (χ4v) is 5.34. The Balaban J connectivity index is 2.00. The Labute approximate surface area is 248 Å². The van der Waals surface area contributed by atoms with Gasteiger partial charge in [0.1, 0.15) is 18.5 Å². The molecule has 3 unspecified atom stereocenters. The lowest BCUT2D eigenvalue weighted by Gasteiger charge is -2.41. The molecule has 10 heteroatoms. The number of nitrogens with one attached hydrogen (secondary N) is 1. The van der Waals surface area contributed by atoms with Gasteiger partial charge < -0.3 is 29.9 Å². The third kappa shape index (κ3) is 8.28. The predicted molar refractivity (Wildman–Crippen MR) is 159 cm³/mol. The van der Waals surface area contributed by atoms with Crippen molar-refractivity contribution >= 4 is 40.7 Å². The van der Waals surface area contributed by atoms with Crippen molar-refractivity contribution in [1.82, 2.24) is 10.2 Å². The second kappa shape index (κ2) is 15.2. The molecular weight excluding hydrogens is 627 g/mol. The number of aliphatic hydroxyl groups is 2. The van der Waals surface area contributed by atoms with Gasteiger partial charge in [-0.3, -0.25) is 14.4 Å². The van der Waals surface area contributed by atoms with Crippen molar-refractivity contribution < 1.29 is 34.1 Å². The third-order valence-corrected chi connectivity index (χ3v) is 7.52. The van der Waals surface area contributed by atoms with Gasteiger partial charge in [0.2, 0.25) is 11.8 Å². The van der Waals surface area contributed by atoms with Crippen LogP contribution in [-0.2, 0) is 16.0 Å². The van der Waals surface area contributed by atoms with Gasteiger partial charge in [-0.15, -0.1) is 0 Å². The Hall–Kier alpha value is -2.96. The summed E-state index contributed by atoms with van der Waals surface area (Å²) in [7, 11) is 1.45. The second-order valence-corrected chi connectivity index (χ2v) is 11.3. The van der Waals surface area contributed by atoms with Crippen LogP contribution in [0.1, 0.15) is 42.6 Å². The Morgan fingerprint density at radius 2 is 1.95 bits per heavy atom. The molecule has 0 fully saturated rings. The maximum Gasteiger partial charge on any atom is 0.247 e. The number of carbonyl (C=O) groups excluding carboxylic acids is 3. The first-order valence-corrected chi connectivity index (χ1v) is 14.4. The lowest BCUT2D eigenvalue weighted by atomic mass is 9.87. The smallest absolute Gasteiger partial charge is 0.247 e. The molecule has 3 atom stereocenters. The number of methoxy groups -OCH3 is 1. The molecule has 1 aliphatic carbocycles. The standard InChI is InChI=1S/C30H37IN2O7/c1-19(2)9-11-33(27(36)15-20-7-5-4-6-8-20)24-16-22(30(38)32-10-12-34)17-25(28(24)37)40-29-23(31)13-21(18-35)14-26(29)39-3/h4-8,13-14,17-19,24-25,28,34,37H,9-12,15-16H2,1-3H3,(H,32,38). The zero-order chi connectivity index (χ0) is 29.2. The number of nitrogens with zero attached hydrogens (tertiary/aromatic N) is 1. The number of aldehydes is 1. The van der Waals surface area contributed by atoms with Gasteiger partial charge >= 0.3 is 0 Å². The molecule has 216 valence electrons. The highest BCUT2D eigenvalue weighted by Crippen LogP contribution is 2.37. The van der Waals surface area contributed by atoms with Crippen molar-refractivity contribution in [2.75, 3.05) is 26.8 Å². The first-order valence-electron chi connectivity index (χ1n) is 13.3. The molecule has 1 aliphatic rings. The maximum atomic E-state index is 13.7. The van der Waals surface area contributed by atoms with E-state index in [4.69, 9.17) is 9.47 Å². The van der Waals surface area contributed by atoms with Gasteiger partial charge in [0.15, 0.2) is 11.5 Å². The van der Waals surface area contributed by atoms with Gasteiger partial charge in [-0.1, -0.05) is 44.2 Å². The largest absolute Gasteiger partial charge is 0.493 e. The SMILES string of the molecule is COc1cc(C=O)cc(I)c1OC1C=C(C(=O)NCCO)CC(N(CCC(C)C)C(=O)Cc2ccccc2)C1O. The fraction of sp³-hybridized carbons (Fsp3) is 0.433. The molecule has 0 radical (unpaired) electrons. The lowest BCUT2D eigenvalue weighted by Crippen LogP contribution is -2.55. The summed E-state index contributed by atoms with van der Waals surface area (Å²) in [5.74, 6) is 0.366. The summed E-state index contributed by atoms with van der Waals surface area (Å²) in [6, 6.07) is 11.8. The average Bonchev–Trinajstić information content (AvgIpc) is 2.94. The van der Waals surface area contributed by atoms with Crippen molar-refractivity contribution in [3.63, 3.8) is 0 Å².